The van der Waals surface area contributed by atoms with Crippen LogP contribution < -0.4 is 10.2 Å². The topological polar surface area (TPSA) is 61.9 Å². The van der Waals surface area contributed by atoms with Crippen molar-refractivity contribution in [1.29, 1.82) is 0 Å². The molecule has 1 atom stereocenters. The Morgan fingerprint density at radius 3 is 2.56 bits per heavy atom. The number of carbonyl (C=O) groups is 2. The monoisotopic (exact) mass is 345 g/mol. The maximum absolute atomic E-state index is 12.4. The van der Waals surface area contributed by atoms with Crippen LogP contribution in [0.15, 0.2) is 18.2 Å². The Bertz CT molecular complexity index is 621. The lowest BCUT2D eigenvalue weighted by Crippen LogP contribution is -2.42. The molecule has 0 bridgehead atoms. The van der Waals surface area contributed by atoms with Crippen molar-refractivity contribution >= 4 is 17.5 Å². The lowest BCUT2D eigenvalue weighted by atomic mass is 10.1. The summed E-state index contributed by atoms with van der Waals surface area (Å²) in [6.07, 6.45) is 0.288. The first-order valence-electron chi connectivity index (χ1n) is 8.99. The van der Waals surface area contributed by atoms with Gasteiger partial charge in [0.15, 0.2) is 0 Å². The summed E-state index contributed by atoms with van der Waals surface area (Å²) in [5.74, 6) is -0.259. The summed E-state index contributed by atoms with van der Waals surface area (Å²) in [5.41, 5.74) is 3.15. The number of hydrogen-bond donors (Lipinski definition) is 1. The second-order valence-corrected chi connectivity index (χ2v) is 7.00. The standard InChI is InChI=1S/C19H27N3O3/c1-14-9-15(2)11-17(10-14)22-13-16(12-18(22)23)19(24)20-3-4-21-5-7-25-8-6-21/h9-11,16H,3-8,12-13H2,1-2H3,(H,20,24). The van der Waals surface area contributed by atoms with Gasteiger partial charge in [-0.25, -0.2) is 0 Å². The van der Waals surface area contributed by atoms with E-state index in [1.54, 1.807) is 4.90 Å². The zero-order valence-corrected chi connectivity index (χ0v) is 15.1. The van der Waals surface area contributed by atoms with Gasteiger partial charge < -0.3 is 15.0 Å². The van der Waals surface area contributed by atoms with Crippen molar-refractivity contribution in [3.05, 3.63) is 29.3 Å². The molecule has 2 amide bonds. The lowest BCUT2D eigenvalue weighted by Gasteiger charge is -2.26. The van der Waals surface area contributed by atoms with Crippen molar-refractivity contribution in [1.82, 2.24) is 10.2 Å². The van der Waals surface area contributed by atoms with Crippen molar-refractivity contribution < 1.29 is 14.3 Å². The molecule has 2 fully saturated rings. The average Bonchev–Trinajstić information content (AvgIpc) is 2.97. The number of benzene rings is 1. The molecule has 3 rings (SSSR count). The normalized spacial score (nSPS) is 21.6. The maximum Gasteiger partial charge on any atom is 0.227 e. The number of amides is 2. The van der Waals surface area contributed by atoms with Crippen molar-refractivity contribution in [2.24, 2.45) is 5.92 Å². The van der Waals surface area contributed by atoms with Crippen LogP contribution >= 0.6 is 0 Å². The van der Waals surface area contributed by atoms with Crippen molar-refractivity contribution in [3.8, 4) is 0 Å². The van der Waals surface area contributed by atoms with Gasteiger partial charge in [0.25, 0.3) is 0 Å². The molecule has 25 heavy (non-hydrogen) atoms. The van der Waals surface area contributed by atoms with E-state index in [-0.39, 0.29) is 24.2 Å². The molecule has 0 aliphatic carbocycles. The number of aryl methyl sites for hydroxylation is 2. The summed E-state index contributed by atoms with van der Waals surface area (Å²) in [5, 5.41) is 2.99. The molecule has 1 N–H and O–H groups in total. The van der Waals surface area contributed by atoms with E-state index < -0.39 is 0 Å². The average molecular weight is 345 g/mol. The predicted molar refractivity (Wildman–Crippen MR) is 96.6 cm³/mol. The summed E-state index contributed by atoms with van der Waals surface area (Å²) in [6.45, 7) is 9.30. The summed E-state index contributed by atoms with van der Waals surface area (Å²) in [7, 11) is 0. The van der Waals surface area contributed by atoms with Gasteiger partial charge in [-0.2, -0.15) is 0 Å². The minimum atomic E-state index is -0.266. The van der Waals surface area contributed by atoms with Crippen LogP contribution in [0.1, 0.15) is 17.5 Å². The molecule has 6 heteroatoms. The Morgan fingerprint density at radius 1 is 1.20 bits per heavy atom. The number of rotatable bonds is 5. The maximum atomic E-state index is 12.4. The molecule has 2 heterocycles. The van der Waals surface area contributed by atoms with Gasteiger partial charge in [-0.05, 0) is 37.1 Å². The fourth-order valence-electron chi connectivity index (χ4n) is 3.55. The Morgan fingerprint density at radius 2 is 1.88 bits per heavy atom. The van der Waals surface area contributed by atoms with E-state index >= 15 is 0 Å². The largest absolute Gasteiger partial charge is 0.379 e. The highest BCUT2D eigenvalue weighted by Gasteiger charge is 2.35. The molecule has 2 aliphatic heterocycles. The van der Waals surface area contributed by atoms with E-state index in [1.165, 1.54) is 0 Å². The molecule has 6 nitrogen and oxygen atoms in total. The molecule has 0 radical (unpaired) electrons. The quantitative estimate of drug-likeness (QED) is 0.868. The number of anilines is 1. The van der Waals surface area contributed by atoms with Crippen LogP contribution in [0, 0.1) is 19.8 Å². The molecule has 2 saturated heterocycles. The molecule has 1 aromatic carbocycles. The minimum Gasteiger partial charge on any atom is -0.379 e. The summed E-state index contributed by atoms with van der Waals surface area (Å²) >= 11 is 0. The molecular formula is C19H27N3O3. The molecule has 1 unspecified atom stereocenters. The highest BCUT2D eigenvalue weighted by atomic mass is 16.5. The number of carbonyl (C=O) groups excluding carboxylic acids is 2. The Labute approximate surface area is 149 Å². The smallest absolute Gasteiger partial charge is 0.227 e. The van der Waals surface area contributed by atoms with Gasteiger partial charge in [0.1, 0.15) is 0 Å². The van der Waals surface area contributed by atoms with Gasteiger partial charge in [0.05, 0.1) is 19.1 Å². The summed E-state index contributed by atoms with van der Waals surface area (Å²) < 4.78 is 5.32. The molecule has 0 aromatic heterocycles. The van der Waals surface area contributed by atoms with Crippen LogP contribution in [0.25, 0.3) is 0 Å². The zero-order valence-electron chi connectivity index (χ0n) is 15.1. The van der Waals surface area contributed by atoms with Gasteiger partial charge in [-0.15, -0.1) is 0 Å². The molecule has 0 spiro atoms. The van der Waals surface area contributed by atoms with Gasteiger partial charge in [0.2, 0.25) is 11.8 Å². The van der Waals surface area contributed by atoms with Crippen molar-refractivity contribution in [3.63, 3.8) is 0 Å². The third-order valence-corrected chi connectivity index (χ3v) is 4.84. The van der Waals surface area contributed by atoms with Crippen LogP contribution in [0.5, 0.6) is 0 Å². The van der Waals surface area contributed by atoms with Crippen LogP contribution in [0.2, 0.25) is 0 Å². The second kappa shape index (κ2) is 7.97. The first-order chi connectivity index (χ1) is 12.0. The third-order valence-electron chi connectivity index (χ3n) is 4.84. The van der Waals surface area contributed by atoms with Gasteiger partial charge in [-0.1, -0.05) is 6.07 Å². The Kier molecular flexibility index (Phi) is 5.71. The van der Waals surface area contributed by atoms with E-state index in [0.717, 1.165) is 49.7 Å². The summed E-state index contributed by atoms with van der Waals surface area (Å²) in [4.78, 5) is 28.8. The van der Waals surface area contributed by atoms with Gasteiger partial charge in [-0.3, -0.25) is 14.5 Å². The first-order valence-corrected chi connectivity index (χ1v) is 8.99. The second-order valence-electron chi connectivity index (χ2n) is 7.00. The fourth-order valence-corrected chi connectivity index (χ4v) is 3.55. The third kappa shape index (κ3) is 4.58. The molecular weight excluding hydrogens is 318 g/mol. The lowest BCUT2D eigenvalue weighted by molar-refractivity contribution is -0.126. The van der Waals surface area contributed by atoms with Crippen LogP contribution in [0.4, 0.5) is 5.69 Å². The van der Waals surface area contributed by atoms with Crippen molar-refractivity contribution in [2.75, 3.05) is 50.8 Å². The van der Waals surface area contributed by atoms with Crippen LogP contribution in [-0.2, 0) is 14.3 Å². The minimum absolute atomic E-state index is 0.0199. The number of morpholine rings is 1. The van der Waals surface area contributed by atoms with Crippen molar-refractivity contribution in [2.45, 2.75) is 20.3 Å². The molecule has 0 saturated carbocycles. The number of ether oxygens (including phenoxy) is 1. The van der Waals surface area contributed by atoms with E-state index in [0.29, 0.717) is 13.1 Å². The van der Waals surface area contributed by atoms with E-state index in [9.17, 15) is 9.59 Å². The zero-order chi connectivity index (χ0) is 17.8. The first kappa shape index (κ1) is 17.9. The number of nitrogens with zero attached hydrogens (tertiary/aromatic N) is 2. The number of nitrogens with one attached hydrogen (secondary N) is 1. The van der Waals surface area contributed by atoms with E-state index in [4.69, 9.17) is 4.74 Å². The van der Waals surface area contributed by atoms with E-state index in [2.05, 4.69) is 16.3 Å². The predicted octanol–water partition coefficient (Wildman–Crippen LogP) is 1.10. The molecule has 2 aliphatic rings. The van der Waals surface area contributed by atoms with Gasteiger partial charge >= 0.3 is 0 Å². The Hall–Kier alpha value is -1.92. The summed E-state index contributed by atoms with van der Waals surface area (Å²) in [6, 6.07) is 6.09. The SMILES string of the molecule is Cc1cc(C)cc(N2CC(C(=O)NCCN3CCOCC3)CC2=O)c1. The molecule has 1 aromatic rings. The highest BCUT2D eigenvalue weighted by Crippen LogP contribution is 2.27. The highest BCUT2D eigenvalue weighted by molar-refractivity contribution is 6.00. The number of hydrogen-bond acceptors (Lipinski definition) is 4. The molecule has 136 valence electrons. The van der Waals surface area contributed by atoms with Crippen LogP contribution in [0.3, 0.4) is 0 Å². The van der Waals surface area contributed by atoms with Crippen LogP contribution in [-0.4, -0.2) is 62.7 Å². The fraction of sp³-hybridized carbons (Fsp3) is 0.579. The van der Waals surface area contributed by atoms with Gasteiger partial charge in [0, 0.05) is 44.8 Å². The van der Waals surface area contributed by atoms with E-state index in [1.807, 2.05) is 26.0 Å². The Balaban J connectivity index is 1.51.